The summed E-state index contributed by atoms with van der Waals surface area (Å²) in [5.74, 6) is 3.24. The monoisotopic (exact) mass is 395 g/mol. The first kappa shape index (κ1) is 22.8. The minimum Gasteiger partial charge on any atom is -0.364 e. The Labute approximate surface area is 169 Å². The Bertz CT molecular complexity index is 567. The van der Waals surface area contributed by atoms with Crippen molar-refractivity contribution in [3.8, 4) is 0 Å². The predicted molar refractivity (Wildman–Crippen MR) is 111 cm³/mol. The maximum Gasteiger partial charge on any atom is 0.234 e. The van der Waals surface area contributed by atoms with Crippen LogP contribution in [-0.4, -0.2) is 63.0 Å². The molecular weight excluding hydrogens is 358 g/mol. The number of unbranched alkanes of at least 4 members (excludes halogenated alkanes) is 1. The fourth-order valence-electron chi connectivity index (χ4n) is 3.36. The van der Waals surface area contributed by atoms with Gasteiger partial charge in [-0.15, -0.1) is 0 Å². The number of nitrogens with zero attached hydrogens (tertiary/aromatic N) is 5. The van der Waals surface area contributed by atoms with Crippen molar-refractivity contribution in [1.82, 2.24) is 15.0 Å². The van der Waals surface area contributed by atoms with Crippen LogP contribution in [0.4, 0.5) is 11.9 Å². The van der Waals surface area contributed by atoms with Crippen LogP contribution in [0, 0.1) is 5.92 Å². The van der Waals surface area contributed by atoms with Gasteiger partial charge in [0, 0.05) is 33.8 Å². The van der Waals surface area contributed by atoms with Gasteiger partial charge < -0.3 is 19.1 Å². The number of aromatic nitrogens is 3. The molecule has 1 aromatic rings. The molecule has 1 saturated carbocycles. The van der Waals surface area contributed by atoms with E-state index in [-0.39, 0.29) is 0 Å². The molecule has 160 valence electrons. The molecule has 2 rings (SSSR count). The molecule has 0 radical (unpaired) electrons. The molecule has 0 saturated heterocycles. The number of anilines is 2. The molecular formula is C20H37N5O3. The minimum absolute atomic E-state index is 0.366. The van der Waals surface area contributed by atoms with Gasteiger partial charge in [0.05, 0.1) is 0 Å². The molecule has 0 unspecified atom stereocenters. The summed E-state index contributed by atoms with van der Waals surface area (Å²) in [5, 5.41) is 0. The topological polar surface area (TPSA) is 72.8 Å². The van der Waals surface area contributed by atoms with Crippen LogP contribution < -0.4 is 9.80 Å². The van der Waals surface area contributed by atoms with Gasteiger partial charge in [0.1, 0.15) is 26.0 Å². The first-order chi connectivity index (χ1) is 13.6. The number of rotatable bonds is 12. The lowest BCUT2D eigenvalue weighted by Gasteiger charge is -2.28. The third kappa shape index (κ3) is 6.83. The molecule has 1 aliphatic carbocycles. The molecule has 0 spiro atoms. The van der Waals surface area contributed by atoms with Crippen LogP contribution >= 0.6 is 0 Å². The van der Waals surface area contributed by atoms with Gasteiger partial charge in [-0.3, -0.25) is 4.90 Å². The first-order valence-corrected chi connectivity index (χ1v) is 10.4. The number of methoxy groups -OCH3 is 2. The van der Waals surface area contributed by atoms with Crippen molar-refractivity contribution in [2.24, 2.45) is 5.92 Å². The Hall–Kier alpha value is -1.51. The Morgan fingerprint density at radius 2 is 1.61 bits per heavy atom. The first-order valence-electron chi connectivity index (χ1n) is 10.4. The molecule has 0 amide bonds. The molecule has 0 bridgehead atoms. The van der Waals surface area contributed by atoms with E-state index >= 15 is 0 Å². The minimum atomic E-state index is 0.366. The molecule has 1 aromatic heterocycles. The summed E-state index contributed by atoms with van der Waals surface area (Å²) in [6, 6.07) is 0. The standard InChI is InChI=1S/C20H37N5O3/c1-6-7-12-28-15-25(14-27-5)20-22-18(17-10-8-16(2)9-11-17)21-19(23-20)24(3)13-26-4/h16-17H,6-15H2,1-5H3. The summed E-state index contributed by atoms with van der Waals surface area (Å²) >= 11 is 0. The molecule has 0 atom stereocenters. The maximum absolute atomic E-state index is 5.80. The summed E-state index contributed by atoms with van der Waals surface area (Å²) in [5.41, 5.74) is 0. The van der Waals surface area contributed by atoms with Crippen LogP contribution in [0.25, 0.3) is 0 Å². The quantitative estimate of drug-likeness (QED) is 0.394. The fourth-order valence-corrected chi connectivity index (χ4v) is 3.36. The summed E-state index contributed by atoms with van der Waals surface area (Å²) in [6.45, 7) is 6.36. The van der Waals surface area contributed by atoms with Crippen LogP contribution in [0.15, 0.2) is 0 Å². The molecule has 0 aromatic carbocycles. The van der Waals surface area contributed by atoms with Crippen molar-refractivity contribution < 1.29 is 14.2 Å². The number of ether oxygens (including phenoxy) is 3. The smallest absolute Gasteiger partial charge is 0.234 e. The van der Waals surface area contributed by atoms with E-state index in [1.54, 1.807) is 14.2 Å². The second-order valence-corrected chi connectivity index (χ2v) is 7.71. The van der Waals surface area contributed by atoms with Crippen molar-refractivity contribution in [1.29, 1.82) is 0 Å². The average molecular weight is 396 g/mol. The second-order valence-electron chi connectivity index (χ2n) is 7.71. The molecule has 8 nitrogen and oxygen atoms in total. The van der Waals surface area contributed by atoms with Crippen LogP contribution in [0.5, 0.6) is 0 Å². The van der Waals surface area contributed by atoms with Crippen molar-refractivity contribution in [3.63, 3.8) is 0 Å². The lowest BCUT2D eigenvalue weighted by Crippen LogP contribution is -2.32. The highest BCUT2D eigenvalue weighted by molar-refractivity contribution is 5.38. The number of hydrogen-bond donors (Lipinski definition) is 0. The second kappa shape index (κ2) is 12.1. The highest BCUT2D eigenvalue weighted by Gasteiger charge is 2.25. The Morgan fingerprint density at radius 3 is 2.25 bits per heavy atom. The van der Waals surface area contributed by atoms with Crippen LogP contribution in [0.2, 0.25) is 0 Å². The van der Waals surface area contributed by atoms with E-state index in [4.69, 9.17) is 24.2 Å². The van der Waals surface area contributed by atoms with Crippen molar-refractivity contribution in [2.75, 3.05) is 57.9 Å². The Kier molecular flexibility index (Phi) is 9.87. The van der Waals surface area contributed by atoms with Gasteiger partial charge in [0.15, 0.2) is 0 Å². The Morgan fingerprint density at radius 1 is 0.929 bits per heavy atom. The zero-order valence-corrected chi connectivity index (χ0v) is 18.2. The third-order valence-electron chi connectivity index (χ3n) is 5.13. The molecule has 0 N–H and O–H groups in total. The summed E-state index contributed by atoms with van der Waals surface area (Å²) in [4.78, 5) is 18.1. The zero-order chi connectivity index (χ0) is 20.4. The summed E-state index contributed by atoms with van der Waals surface area (Å²) < 4.78 is 16.4. The molecule has 8 heteroatoms. The van der Waals surface area contributed by atoms with Crippen LogP contribution in [-0.2, 0) is 14.2 Å². The highest BCUT2D eigenvalue weighted by atomic mass is 16.5. The largest absolute Gasteiger partial charge is 0.364 e. The van der Waals surface area contributed by atoms with Gasteiger partial charge >= 0.3 is 0 Å². The van der Waals surface area contributed by atoms with Gasteiger partial charge in [-0.25, -0.2) is 0 Å². The molecule has 0 aliphatic heterocycles. The molecule has 1 fully saturated rings. The van der Waals surface area contributed by atoms with Crippen LogP contribution in [0.3, 0.4) is 0 Å². The van der Waals surface area contributed by atoms with Crippen molar-refractivity contribution in [2.45, 2.75) is 58.3 Å². The number of hydrogen-bond acceptors (Lipinski definition) is 8. The average Bonchev–Trinajstić information content (AvgIpc) is 2.70. The van der Waals surface area contributed by atoms with Gasteiger partial charge in [0.2, 0.25) is 11.9 Å². The summed E-state index contributed by atoms with van der Waals surface area (Å²) in [6.07, 6.45) is 6.82. The lowest BCUT2D eigenvalue weighted by atomic mass is 9.82. The normalized spacial score (nSPS) is 19.6. The SMILES string of the molecule is CCCCOCN(COC)c1nc(C2CCC(C)CC2)nc(N(C)COC)n1. The van der Waals surface area contributed by atoms with Gasteiger partial charge in [-0.1, -0.05) is 33.1 Å². The fraction of sp³-hybridized carbons (Fsp3) is 0.850. The molecule has 1 heterocycles. The lowest BCUT2D eigenvalue weighted by molar-refractivity contribution is 0.101. The van der Waals surface area contributed by atoms with Gasteiger partial charge in [-0.2, -0.15) is 15.0 Å². The van der Waals surface area contributed by atoms with E-state index in [0.717, 1.165) is 37.4 Å². The van der Waals surface area contributed by atoms with Gasteiger partial charge in [0.25, 0.3) is 0 Å². The summed E-state index contributed by atoms with van der Waals surface area (Å²) in [7, 11) is 5.26. The van der Waals surface area contributed by atoms with E-state index in [1.165, 1.54) is 12.8 Å². The van der Waals surface area contributed by atoms with Crippen LogP contribution in [0.1, 0.15) is 64.1 Å². The highest BCUT2D eigenvalue weighted by Crippen LogP contribution is 2.34. The van der Waals surface area contributed by atoms with E-state index in [2.05, 4.69) is 18.8 Å². The van der Waals surface area contributed by atoms with Crippen molar-refractivity contribution >= 4 is 11.9 Å². The van der Waals surface area contributed by atoms with Gasteiger partial charge in [-0.05, 0) is 25.2 Å². The molecule has 1 aliphatic rings. The van der Waals surface area contributed by atoms with Crippen molar-refractivity contribution in [3.05, 3.63) is 5.82 Å². The molecule has 28 heavy (non-hydrogen) atoms. The van der Waals surface area contributed by atoms with E-state index in [0.29, 0.717) is 44.6 Å². The van der Waals surface area contributed by atoms with E-state index < -0.39 is 0 Å². The Balaban J connectivity index is 2.25. The van der Waals surface area contributed by atoms with E-state index in [1.807, 2.05) is 16.8 Å². The third-order valence-corrected chi connectivity index (χ3v) is 5.13. The van der Waals surface area contributed by atoms with E-state index in [9.17, 15) is 0 Å². The maximum atomic E-state index is 5.80. The predicted octanol–water partition coefficient (Wildman–Crippen LogP) is 3.39. The zero-order valence-electron chi connectivity index (χ0n) is 18.2.